The molecule has 3 aromatic rings. The van der Waals surface area contributed by atoms with Gasteiger partial charge in [-0.3, -0.25) is 4.79 Å². The van der Waals surface area contributed by atoms with Gasteiger partial charge in [-0.15, -0.1) is 11.3 Å². The van der Waals surface area contributed by atoms with Gasteiger partial charge in [-0.25, -0.2) is 9.37 Å². The van der Waals surface area contributed by atoms with Crippen molar-refractivity contribution in [2.75, 3.05) is 20.1 Å². The van der Waals surface area contributed by atoms with Gasteiger partial charge in [0.1, 0.15) is 33.8 Å². The Morgan fingerprint density at radius 1 is 1.29 bits per heavy atom. The first-order valence-corrected chi connectivity index (χ1v) is 11.2. The number of carbonyl (C=O) groups excluding carboxylic acids is 1. The quantitative estimate of drug-likeness (QED) is 0.538. The molecule has 31 heavy (non-hydrogen) atoms. The summed E-state index contributed by atoms with van der Waals surface area (Å²) < 4.78 is 24.3. The highest BCUT2D eigenvalue weighted by molar-refractivity contribution is 7.13. The summed E-state index contributed by atoms with van der Waals surface area (Å²) in [5, 5.41) is 0.714. The largest absolute Gasteiger partial charge is 0.486 e. The molecule has 3 heterocycles. The van der Waals surface area contributed by atoms with Crippen molar-refractivity contribution in [1.82, 2.24) is 14.8 Å². The molecular formula is C23H26FN3O3S. The molecule has 0 radical (unpaired) electrons. The Labute approximate surface area is 185 Å². The molecule has 0 atom stereocenters. The van der Waals surface area contributed by atoms with Crippen LogP contribution in [-0.2, 0) is 13.2 Å². The molecule has 0 spiro atoms. The van der Waals surface area contributed by atoms with Crippen LogP contribution < -0.4 is 4.74 Å². The summed E-state index contributed by atoms with van der Waals surface area (Å²) >= 11 is 1.35. The molecule has 1 aliphatic heterocycles. The molecule has 4 rings (SSSR count). The third-order valence-corrected chi connectivity index (χ3v) is 6.63. The number of nitrogens with zero attached hydrogens (tertiary/aromatic N) is 3. The molecule has 0 N–H and O–H groups in total. The second kappa shape index (κ2) is 9.62. The van der Waals surface area contributed by atoms with Crippen molar-refractivity contribution >= 4 is 17.2 Å². The van der Waals surface area contributed by atoms with Gasteiger partial charge in [-0.05, 0) is 76.3 Å². The van der Waals surface area contributed by atoms with Crippen molar-refractivity contribution in [3.05, 3.63) is 69.8 Å². The number of furan rings is 1. The Hall–Kier alpha value is -2.71. The Balaban J connectivity index is 1.49. The highest BCUT2D eigenvalue weighted by Gasteiger charge is 2.30. The van der Waals surface area contributed by atoms with Gasteiger partial charge in [0.05, 0.1) is 18.5 Å². The number of benzene rings is 1. The van der Waals surface area contributed by atoms with Crippen LogP contribution in [0.1, 0.15) is 39.0 Å². The molecule has 1 aromatic carbocycles. The number of aryl methyl sites for hydroxylation is 1. The van der Waals surface area contributed by atoms with Crippen LogP contribution >= 0.6 is 11.3 Å². The minimum atomic E-state index is -0.309. The first-order chi connectivity index (χ1) is 15.0. The maximum Gasteiger partial charge on any atom is 0.266 e. The van der Waals surface area contributed by atoms with Crippen molar-refractivity contribution in [1.29, 1.82) is 0 Å². The maximum atomic E-state index is 13.6. The number of carbonyl (C=O) groups is 1. The van der Waals surface area contributed by atoms with E-state index in [1.807, 2.05) is 24.0 Å². The van der Waals surface area contributed by atoms with Crippen molar-refractivity contribution in [2.45, 2.75) is 39.0 Å². The lowest BCUT2D eigenvalue weighted by molar-refractivity contribution is 0.0554. The Bertz CT molecular complexity index is 996. The van der Waals surface area contributed by atoms with Crippen LogP contribution in [0.3, 0.4) is 0 Å². The van der Waals surface area contributed by atoms with Gasteiger partial charge in [0.2, 0.25) is 0 Å². The normalized spacial score (nSPS) is 15.2. The minimum Gasteiger partial charge on any atom is -0.486 e. The fourth-order valence-electron chi connectivity index (χ4n) is 3.76. The highest BCUT2D eigenvalue weighted by atomic mass is 32.1. The predicted molar refractivity (Wildman–Crippen MR) is 117 cm³/mol. The van der Waals surface area contributed by atoms with Gasteiger partial charge in [0.25, 0.3) is 5.91 Å². The van der Waals surface area contributed by atoms with Crippen LogP contribution in [0.2, 0.25) is 0 Å². The summed E-state index contributed by atoms with van der Waals surface area (Å²) in [6.07, 6.45) is 3.50. The Morgan fingerprint density at radius 2 is 2.03 bits per heavy atom. The summed E-state index contributed by atoms with van der Waals surface area (Å²) in [5.41, 5.74) is 0.699. The number of halogens is 1. The van der Waals surface area contributed by atoms with E-state index in [1.54, 1.807) is 18.4 Å². The van der Waals surface area contributed by atoms with Crippen molar-refractivity contribution < 1.29 is 18.3 Å². The van der Waals surface area contributed by atoms with Crippen molar-refractivity contribution in [3.63, 3.8) is 0 Å². The van der Waals surface area contributed by atoms with E-state index in [0.717, 1.165) is 31.7 Å². The summed E-state index contributed by atoms with van der Waals surface area (Å²) in [5.74, 6) is 1.01. The number of amides is 1. The number of hydrogen-bond acceptors (Lipinski definition) is 6. The average Bonchev–Trinajstić information content (AvgIpc) is 3.41. The number of aromatic nitrogens is 1. The van der Waals surface area contributed by atoms with Crippen LogP contribution in [0.4, 0.5) is 4.39 Å². The second-order valence-electron chi connectivity index (χ2n) is 7.81. The summed E-state index contributed by atoms with van der Waals surface area (Å²) in [7, 11) is 2.11. The number of piperidine rings is 1. The summed E-state index contributed by atoms with van der Waals surface area (Å²) in [6.45, 7) is 4.46. The lowest BCUT2D eigenvalue weighted by Gasteiger charge is -2.36. The molecule has 1 saturated heterocycles. The molecule has 0 aliphatic carbocycles. The first kappa shape index (κ1) is 21.5. The Kier molecular flexibility index (Phi) is 6.67. The third-order valence-electron chi connectivity index (χ3n) is 5.51. The van der Waals surface area contributed by atoms with E-state index in [9.17, 15) is 9.18 Å². The smallest absolute Gasteiger partial charge is 0.266 e. The zero-order chi connectivity index (χ0) is 21.8. The maximum absolute atomic E-state index is 13.6. The first-order valence-electron chi connectivity index (χ1n) is 10.4. The number of ether oxygens (including phenoxy) is 1. The van der Waals surface area contributed by atoms with Crippen LogP contribution in [0.15, 0.2) is 47.1 Å². The number of hydrogen-bond donors (Lipinski definition) is 0. The topological polar surface area (TPSA) is 58.8 Å². The molecule has 6 nitrogen and oxygen atoms in total. The van der Waals surface area contributed by atoms with E-state index < -0.39 is 0 Å². The van der Waals surface area contributed by atoms with Crippen molar-refractivity contribution in [2.24, 2.45) is 0 Å². The fourth-order valence-corrected chi connectivity index (χ4v) is 4.70. The van der Waals surface area contributed by atoms with Gasteiger partial charge in [-0.1, -0.05) is 0 Å². The molecule has 8 heteroatoms. The van der Waals surface area contributed by atoms with Gasteiger partial charge in [0, 0.05) is 6.04 Å². The zero-order valence-corrected chi connectivity index (χ0v) is 18.5. The molecule has 0 bridgehead atoms. The van der Waals surface area contributed by atoms with Gasteiger partial charge < -0.3 is 19.0 Å². The van der Waals surface area contributed by atoms with Gasteiger partial charge >= 0.3 is 0 Å². The van der Waals surface area contributed by atoms with E-state index in [0.29, 0.717) is 27.9 Å². The van der Waals surface area contributed by atoms with E-state index in [-0.39, 0.29) is 24.4 Å². The SMILES string of the molecule is Cc1nc(COc2ccc(F)cc2)sc1C(=O)N(Cc1ccco1)C1CCN(C)CC1. The zero-order valence-electron chi connectivity index (χ0n) is 17.7. The molecule has 164 valence electrons. The number of likely N-dealkylation sites (tertiary alicyclic amines) is 1. The van der Waals surface area contributed by atoms with E-state index in [2.05, 4.69) is 16.9 Å². The highest BCUT2D eigenvalue weighted by Crippen LogP contribution is 2.26. The molecule has 1 amide bonds. The fraction of sp³-hybridized carbons (Fsp3) is 0.391. The number of thiazole rings is 1. The lowest BCUT2D eigenvalue weighted by atomic mass is 10.0. The van der Waals surface area contributed by atoms with Crippen LogP contribution in [0.25, 0.3) is 0 Å². The third kappa shape index (κ3) is 5.32. The average molecular weight is 444 g/mol. The lowest BCUT2D eigenvalue weighted by Crippen LogP contribution is -2.46. The van der Waals surface area contributed by atoms with Crippen LogP contribution in [-0.4, -0.2) is 46.9 Å². The second-order valence-corrected chi connectivity index (χ2v) is 8.90. The standard InChI is InChI=1S/C23H26FN3O3S/c1-16-22(31-21(25-16)15-30-19-7-5-17(24)6-8-19)23(28)27(14-20-4-3-13-29-20)18-9-11-26(2)12-10-18/h3-8,13,18H,9-12,14-15H2,1-2H3. The predicted octanol–water partition coefficient (Wildman–Crippen LogP) is 4.50. The number of rotatable bonds is 7. The van der Waals surface area contributed by atoms with Crippen LogP contribution in [0.5, 0.6) is 5.75 Å². The summed E-state index contributed by atoms with van der Waals surface area (Å²) in [4.78, 5) is 22.9. The molecule has 0 saturated carbocycles. The van der Waals surface area contributed by atoms with E-state index in [4.69, 9.17) is 9.15 Å². The van der Waals surface area contributed by atoms with Gasteiger partial charge in [-0.2, -0.15) is 0 Å². The molecule has 1 fully saturated rings. The molecule has 0 unspecified atom stereocenters. The summed E-state index contributed by atoms with van der Waals surface area (Å²) in [6, 6.07) is 9.76. The van der Waals surface area contributed by atoms with Crippen LogP contribution in [0, 0.1) is 12.7 Å². The molecule has 1 aliphatic rings. The monoisotopic (exact) mass is 443 g/mol. The van der Waals surface area contributed by atoms with Gasteiger partial charge in [0.15, 0.2) is 0 Å². The van der Waals surface area contributed by atoms with E-state index in [1.165, 1.54) is 23.5 Å². The van der Waals surface area contributed by atoms with Crippen molar-refractivity contribution in [3.8, 4) is 5.75 Å². The minimum absolute atomic E-state index is 0.0195. The molecular weight excluding hydrogens is 417 g/mol. The molecule has 2 aromatic heterocycles. The Morgan fingerprint density at radius 3 is 2.71 bits per heavy atom. The van der Waals surface area contributed by atoms with E-state index >= 15 is 0 Å².